The molecule has 17 heavy (non-hydrogen) atoms. The Hall–Kier alpha value is -0.230. The van der Waals surface area contributed by atoms with Crippen molar-refractivity contribution in [2.24, 2.45) is 5.73 Å². The number of halogens is 3. The van der Waals surface area contributed by atoms with Gasteiger partial charge in [0.05, 0.1) is 10.5 Å². The van der Waals surface area contributed by atoms with Gasteiger partial charge in [-0.3, -0.25) is 0 Å². The Morgan fingerprint density at radius 3 is 2.65 bits per heavy atom. The molecular formula is C12H10Br2FNS. The molecule has 0 bridgehead atoms. The Morgan fingerprint density at radius 1 is 1.35 bits per heavy atom. The highest BCUT2D eigenvalue weighted by molar-refractivity contribution is 9.10. The van der Waals surface area contributed by atoms with E-state index >= 15 is 0 Å². The summed E-state index contributed by atoms with van der Waals surface area (Å²) in [5.41, 5.74) is 6.94. The van der Waals surface area contributed by atoms with Gasteiger partial charge >= 0.3 is 0 Å². The smallest absolute Gasteiger partial charge is 0.137 e. The summed E-state index contributed by atoms with van der Waals surface area (Å²) in [6.07, 6.45) is 0. The molecule has 5 heteroatoms. The average Bonchev–Trinajstić information content (AvgIpc) is 2.61. The Morgan fingerprint density at radius 2 is 2.06 bits per heavy atom. The van der Waals surface area contributed by atoms with E-state index in [1.807, 2.05) is 19.1 Å². The van der Waals surface area contributed by atoms with Gasteiger partial charge in [-0.1, -0.05) is 12.1 Å². The zero-order valence-electron chi connectivity index (χ0n) is 9.01. The van der Waals surface area contributed by atoms with Crippen molar-refractivity contribution in [1.82, 2.24) is 0 Å². The lowest BCUT2D eigenvalue weighted by Gasteiger charge is -2.13. The number of rotatable bonds is 2. The Balaban J connectivity index is 2.47. The summed E-state index contributed by atoms with van der Waals surface area (Å²) in [5, 5.41) is 0. The highest BCUT2D eigenvalue weighted by Gasteiger charge is 2.18. The standard InChI is InChI=1S/C12H10Br2FNS/c1-6-5-8(13)12(17-6)11(16)7-3-2-4-9(15)10(7)14/h2-5,11H,16H2,1H3. The molecule has 0 saturated carbocycles. The van der Waals surface area contributed by atoms with Gasteiger partial charge in [-0.2, -0.15) is 0 Å². The fourth-order valence-electron chi connectivity index (χ4n) is 1.62. The minimum absolute atomic E-state index is 0.289. The van der Waals surface area contributed by atoms with Gasteiger partial charge in [-0.25, -0.2) is 4.39 Å². The zero-order valence-corrected chi connectivity index (χ0v) is 13.0. The van der Waals surface area contributed by atoms with Crippen LogP contribution in [-0.4, -0.2) is 0 Å². The van der Waals surface area contributed by atoms with Crippen molar-refractivity contribution in [2.45, 2.75) is 13.0 Å². The number of aryl methyl sites for hydroxylation is 1. The van der Waals surface area contributed by atoms with Crippen LogP contribution in [0.1, 0.15) is 21.4 Å². The summed E-state index contributed by atoms with van der Waals surface area (Å²) in [5.74, 6) is -0.289. The first-order valence-corrected chi connectivity index (χ1v) is 7.36. The SMILES string of the molecule is Cc1cc(Br)c(C(N)c2cccc(F)c2Br)s1. The minimum atomic E-state index is -0.326. The molecule has 1 heterocycles. The van der Waals surface area contributed by atoms with Crippen LogP contribution >= 0.6 is 43.2 Å². The van der Waals surface area contributed by atoms with Crippen LogP contribution in [-0.2, 0) is 0 Å². The predicted molar refractivity (Wildman–Crippen MR) is 76.9 cm³/mol. The zero-order chi connectivity index (χ0) is 12.6. The van der Waals surface area contributed by atoms with Crippen LogP contribution in [0.5, 0.6) is 0 Å². The summed E-state index contributed by atoms with van der Waals surface area (Å²) in [6.45, 7) is 2.02. The molecule has 0 saturated heterocycles. The fourth-order valence-corrected chi connectivity index (χ4v) is 4.04. The molecule has 1 aromatic carbocycles. The molecule has 0 aliphatic carbocycles. The first-order chi connectivity index (χ1) is 8.00. The molecule has 2 rings (SSSR count). The van der Waals surface area contributed by atoms with Gasteiger partial charge in [0, 0.05) is 14.2 Å². The van der Waals surface area contributed by atoms with Crippen LogP contribution in [0.2, 0.25) is 0 Å². The molecule has 0 aliphatic rings. The van der Waals surface area contributed by atoms with E-state index in [4.69, 9.17) is 5.73 Å². The molecule has 0 spiro atoms. The first-order valence-electron chi connectivity index (χ1n) is 4.96. The second-order valence-corrected chi connectivity index (χ2v) is 6.63. The van der Waals surface area contributed by atoms with Crippen LogP contribution in [0.25, 0.3) is 0 Å². The fraction of sp³-hybridized carbons (Fsp3) is 0.167. The van der Waals surface area contributed by atoms with Crippen molar-refractivity contribution < 1.29 is 4.39 Å². The van der Waals surface area contributed by atoms with Gasteiger partial charge in [0.1, 0.15) is 5.82 Å². The first kappa shape index (κ1) is 13.2. The van der Waals surface area contributed by atoms with Crippen LogP contribution in [0.3, 0.4) is 0 Å². The van der Waals surface area contributed by atoms with E-state index in [-0.39, 0.29) is 11.9 Å². The third-order valence-corrected chi connectivity index (χ3v) is 5.32. The molecule has 0 radical (unpaired) electrons. The number of hydrogen-bond acceptors (Lipinski definition) is 2. The third kappa shape index (κ3) is 2.62. The van der Waals surface area contributed by atoms with E-state index in [0.717, 1.165) is 14.9 Å². The third-order valence-electron chi connectivity index (χ3n) is 2.44. The normalized spacial score (nSPS) is 12.8. The van der Waals surface area contributed by atoms with Crippen molar-refractivity contribution in [1.29, 1.82) is 0 Å². The van der Waals surface area contributed by atoms with Gasteiger partial charge in [0.25, 0.3) is 0 Å². The summed E-state index contributed by atoms with van der Waals surface area (Å²) >= 11 is 8.34. The molecule has 1 aromatic heterocycles. The van der Waals surface area contributed by atoms with Crippen molar-refractivity contribution in [3.63, 3.8) is 0 Å². The van der Waals surface area contributed by atoms with Crippen LogP contribution in [0, 0.1) is 12.7 Å². The van der Waals surface area contributed by atoms with Crippen LogP contribution in [0.4, 0.5) is 4.39 Å². The lowest BCUT2D eigenvalue weighted by Crippen LogP contribution is -2.12. The molecule has 0 fully saturated rings. The predicted octanol–water partition coefficient (Wildman–Crippen LogP) is 4.77. The number of thiophene rings is 1. The monoisotopic (exact) mass is 377 g/mol. The van der Waals surface area contributed by atoms with Crippen molar-refractivity contribution in [3.8, 4) is 0 Å². The molecule has 1 nitrogen and oxygen atoms in total. The number of nitrogens with two attached hydrogens (primary N) is 1. The van der Waals surface area contributed by atoms with Gasteiger partial charge < -0.3 is 5.73 Å². The maximum atomic E-state index is 13.5. The second kappa shape index (κ2) is 5.18. The molecule has 1 atom stereocenters. The average molecular weight is 379 g/mol. The summed E-state index contributed by atoms with van der Waals surface area (Å²) in [7, 11) is 0. The van der Waals surface area contributed by atoms with Crippen molar-refractivity contribution >= 4 is 43.2 Å². The topological polar surface area (TPSA) is 26.0 Å². The van der Waals surface area contributed by atoms with Gasteiger partial charge in [0.2, 0.25) is 0 Å². The highest BCUT2D eigenvalue weighted by atomic mass is 79.9. The van der Waals surface area contributed by atoms with Crippen molar-refractivity contribution in [3.05, 3.63) is 54.3 Å². The Kier molecular flexibility index (Phi) is 4.02. The lowest BCUT2D eigenvalue weighted by molar-refractivity contribution is 0.616. The van der Waals surface area contributed by atoms with Crippen LogP contribution < -0.4 is 5.73 Å². The highest BCUT2D eigenvalue weighted by Crippen LogP contribution is 2.37. The lowest BCUT2D eigenvalue weighted by atomic mass is 10.1. The van der Waals surface area contributed by atoms with Gasteiger partial charge in [-0.05, 0) is 56.5 Å². The molecule has 0 amide bonds. The molecule has 2 N–H and O–H groups in total. The maximum Gasteiger partial charge on any atom is 0.137 e. The Bertz CT molecular complexity index is 553. The maximum absolute atomic E-state index is 13.5. The van der Waals surface area contributed by atoms with Crippen LogP contribution in [0.15, 0.2) is 33.2 Å². The van der Waals surface area contributed by atoms with Gasteiger partial charge in [-0.15, -0.1) is 11.3 Å². The number of hydrogen-bond donors (Lipinski definition) is 1. The van der Waals surface area contributed by atoms with E-state index in [9.17, 15) is 4.39 Å². The van der Waals surface area contributed by atoms with E-state index in [0.29, 0.717) is 4.47 Å². The second-order valence-electron chi connectivity index (χ2n) is 3.69. The number of benzene rings is 1. The van der Waals surface area contributed by atoms with E-state index < -0.39 is 0 Å². The summed E-state index contributed by atoms with van der Waals surface area (Å²) in [4.78, 5) is 2.18. The van der Waals surface area contributed by atoms with Gasteiger partial charge in [0.15, 0.2) is 0 Å². The van der Waals surface area contributed by atoms with E-state index in [1.165, 1.54) is 10.9 Å². The van der Waals surface area contributed by atoms with E-state index in [1.54, 1.807) is 17.4 Å². The minimum Gasteiger partial charge on any atom is -0.320 e. The Labute approximate surface area is 120 Å². The van der Waals surface area contributed by atoms with Crippen molar-refractivity contribution in [2.75, 3.05) is 0 Å². The largest absolute Gasteiger partial charge is 0.320 e. The molecule has 0 aliphatic heterocycles. The quantitative estimate of drug-likeness (QED) is 0.800. The molecule has 1 unspecified atom stereocenters. The summed E-state index contributed by atoms with van der Waals surface area (Å²) < 4.78 is 14.9. The summed E-state index contributed by atoms with van der Waals surface area (Å²) in [6, 6.07) is 6.61. The molecular weight excluding hydrogens is 369 g/mol. The van der Waals surface area contributed by atoms with E-state index in [2.05, 4.69) is 31.9 Å². The molecule has 90 valence electrons. The molecule has 2 aromatic rings.